The predicted molar refractivity (Wildman–Crippen MR) is 96.7 cm³/mol. The average molecular weight is 338 g/mol. The summed E-state index contributed by atoms with van der Waals surface area (Å²) in [4.78, 5) is 22.1. The molecule has 3 aromatic rings. The van der Waals surface area contributed by atoms with E-state index < -0.39 is 4.92 Å². The lowest BCUT2D eigenvalue weighted by Crippen LogP contribution is -2.30. The number of nitro benzene ring substituents is 1. The van der Waals surface area contributed by atoms with Gasteiger partial charge in [-0.2, -0.15) is 0 Å². The number of benzene rings is 2. The Bertz CT molecular complexity index is 904. The summed E-state index contributed by atoms with van der Waals surface area (Å²) >= 11 is 0. The van der Waals surface area contributed by atoms with Gasteiger partial charge in [0, 0.05) is 42.6 Å². The van der Waals surface area contributed by atoms with Crippen LogP contribution < -0.4 is 10.6 Å². The van der Waals surface area contributed by atoms with Crippen LogP contribution in [0.4, 0.5) is 16.2 Å². The second-order valence-electron chi connectivity index (χ2n) is 5.61. The lowest BCUT2D eigenvalue weighted by Gasteiger charge is -2.09. The van der Waals surface area contributed by atoms with Gasteiger partial charge in [0.05, 0.1) is 4.92 Å². The first-order valence-electron chi connectivity index (χ1n) is 7.97. The lowest BCUT2D eigenvalue weighted by atomic mass is 10.2. The number of para-hydroxylation sites is 1. The monoisotopic (exact) mass is 338 g/mol. The Morgan fingerprint density at radius 1 is 1.12 bits per heavy atom. The summed E-state index contributed by atoms with van der Waals surface area (Å²) in [6.45, 7) is 1.30. The summed E-state index contributed by atoms with van der Waals surface area (Å²) in [5, 5.41) is 17.3. The van der Waals surface area contributed by atoms with E-state index in [-0.39, 0.29) is 11.7 Å². The van der Waals surface area contributed by atoms with Gasteiger partial charge in [0.1, 0.15) is 0 Å². The van der Waals surface area contributed by atoms with Gasteiger partial charge in [0.25, 0.3) is 5.69 Å². The van der Waals surface area contributed by atoms with Crippen molar-refractivity contribution < 1.29 is 9.72 Å². The average Bonchev–Trinajstić information content (AvgIpc) is 3.02. The molecular formula is C18H18N4O3. The molecule has 128 valence electrons. The molecular weight excluding hydrogens is 320 g/mol. The summed E-state index contributed by atoms with van der Waals surface area (Å²) in [7, 11) is 0. The van der Waals surface area contributed by atoms with Crippen LogP contribution in [0, 0.1) is 10.1 Å². The van der Waals surface area contributed by atoms with E-state index in [1.54, 1.807) is 6.07 Å². The molecule has 1 heterocycles. The van der Waals surface area contributed by atoms with E-state index in [4.69, 9.17) is 0 Å². The largest absolute Gasteiger partial charge is 0.347 e. The smallest absolute Gasteiger partial charge is 0.319 e. The fraction of sp³-hybridized carbons (Fsp3) is 0.167. The molecule has 0 fully saturated rings. The van der Waals surface area contributed by atoms with Crippen molar-refractivity contribution >= 4 is 28.3 Å². The van der Waals surface area contributed by atoms with Crippen molar-refractivity contribution in [1.29, 1.82) is 0 Å². The first-order valence-corrected chi connectivity index (χ1v) is 7.97. The standard InChI is InChI=1S/C18H18N4O3/c23-18(20-15-6-3-7-16(13-15)22(24)25)19-10-4-11-21-12-9-14-5-1-2-8-17(14)21/h1-3,5-9,12-13H,4,10-11H2,(H2,19,20,23). The molecule has 25 heavy (non-hydrogen) atoms. The number of aromatic nitrogens is 1. The van der Waals surface area contributed by atoms with Gasteiger partial charge < -0.3 is 15.2 Å². The van der Waals surface area contributed by atoms with Crippen LogP contribution in [0.15, 0.2) is 60.8 Å². The number of nitrogens with zero attached hydrogens (tertiary/aromatic N) is 2. The van der Waals surface area contributed by atoms with Crippen molar-refractivity contribution in [1.82, 2.24) is 9.88 Å². The first kappa shape index (κ1) is 16.5. The Labute approximate surface area is 144 Å². The minimum atomic E-state index is -0.496. The number of nitrogens with one attached hydrogen (secondary N) is 2. The maximum atomic E-state index is 11.9. The number of hydrogen-bond acceptors (Lipinski definition) is 3. The van der Waals surface area contributed by atoms with Gasteiger partial charge in [0.15, 0.2) is 0 Å². The van der Waals surface area contributed by atoms with E-state index in [0.717, 1.165) is 13.0 Å². The van der Waals surface area contributed by atoms with Crippen molar-refractivity contribution in [2.75, 3.05) is 11.9 Å². The number of amides is 2. The summed E-state index contributed by atoms with van der Waals surface area (Å²) in [5.74, 6) is 0. The number of carbonyl (C=O) groups excluding carboxylic acids is 1. The van der Waals surface area contributed by atoms with Crippen molar-refractivity contribution in [3.63, 3.8) is 0 Å². The fourth-order valence-corrected chi connectivity index (χ4v) is 2.66. The van der Waals surface area contributed by atoms with Crippen molar-refractivity contribution in [2.24, 2.45) is 0 Å². The third-order valence-corrected chi connectivity index (χ3v) is 3.86. The van der Waals surface area contributed by atoms with Crippen LogP contribution in [-0.2, 0) is 6.54 Å². The molecule has 0 atom stereocenters. The predicted octanol–water partition coefficient (Wildman–Crippen LogP) is 3.76. The topological polar surface area (TPSA) is 89.2 Å². The number of fused-ring (bicyclic) bond motifs is 1. The Morgan fingerprint density at radius 3 is 2.80 bits per heavy atom. The van der Waals surface area contributed by atoms with Crippen LogP contribution >= 0.6 is 0 Å². The van der Waals surface area contributed by atoms with Gasteiger partial charge in [0.2, 0.25) is 0 Å². The number of aryl methyl sites for hydroxylation is 1. The molecule has 2 amide bonds. The first-order chi connectivity index (χ1) is 12.1. The third kappa shape index (κ3) is 4.14. The Morgan fingerprint density at radius 2 is 1.96 bits per heavy atom. The van der Waals surface area contributed by atoms with Crippen LogP contribution in [0.2, 0.25) is 0 Å². The highest BCUT2D eigenvalue weighted by molar-refractivity contribution is 5.89. The fourth-order valence-electron chi connectivity index (χ4n) is 2.66. The third-order valence-electron chi connectivity index (χ3n) is 3.86. The van der Waals surface area contributed by atoms with Gasteiger partial charge in [-0.1, -0.05) is 24.3 Å². The molecule has 7 heteroatoms. The Hall–Kier alpha value is -3.35. The van der Waals surface area contributed by atoms with E-state index in [1.807, 2.05) is 18.3 Å². The maximum Gasteiger partial charge on any atom is 0.319 e. The number of urea groups is 1. The SMILES string of the molecule is O=C(NCCCn1ccc2ccccc21)Nc1cccc([N+](=O)[O-])c1. The zero-order valence-electron chi connectivity index (χ0n) is 13.5. The zero-order valence-corrected chi connectivity index (χ0v) is 13.5. The van der Waals surface area contributed by atoms with Crippen molar-refractivity contribution in [3.8, 4) is 0 Å². The van der Waals surface area contributed by atoms with E-state index in [0.29, 0.717) is 12.2 Å². The van der Waals surface area contributed by atoms with Gasteiger partial charge >= 0.3 is 6.03 Å². The lowest BCUT2D eigenvalue weighted by molar-refractivity contribution is -0.384. The van der Waals surface area contributed by atoms with Crippen molar-refractivity contribution in [2.45, 2.75) is 13.0 Å². The molecule has 0 radical (unpaired) electrons. The van der Waals surface area contributed by atoms with E-state index in [9.17, 15) is 14.9 Å². The molecule has 0 unspecified atom stereocenters. The number of anilines is 1. The number of non-ortho nitro benzene ring substituents is 1. The molecule has 0 bridgehead atoms. The van der Waals surface area contributed by atoms with Crippen LogP contribution in [0.25, 0.3) is 10.9 Å². The summed E-state index contributed by atoms with van der Waals surface area (Å²) < 4.78 is 2.15. The van der Waals surface area contributed by atoms with Gasteiger partial charge in [-0.3, -0.25) is 10.1 Å². The molecule has 1 aromatic heterocycles. The molecule has 0 saturated carbocycles. The molecule has 3 rings (SSSR count). The number of rotatable bonds is 6. The number of hydrogen-bond donors (Lipinski definition) is 2. The molecule has 2 aromatic carbocycles. The summed E-state index contributed by atoms with van der Waals surface area (Å²) in [6, 6.07) is 15.7. The van der Waals surface area contributed by atoms with E-state index in [2.05, 4.69) is 33.4 Å². The Balaban J connectivity index is 1.46. The minimum absolute atomic E-state index is 0.0581. The van der Waals surface area contributed by atoms with Gasteiger partial charge in [-0.05, 0) is 30.0 Å². The van der Waals surface area contributed by atoms with Crippen LogP contribution in [0.5, 0.6) is 0 Å². The van der Waals surface area contributed by atoms with Crippen LogP contribution in [0.1, 0.15) is 6.42 Å². The second-order valence-corrected chi connectivity index (χ2v) is 5.61. The molecule has 0 aliphatic rings. The highest BCUT2D eigenvalue weighted by Crippen LogP contribution is 2.17. The molecule has 2 N–H and O–H groups in total. The highest BCUT2D eigenvalue weighted by atomic mass is 16.6. The molecule has 0 saturated heterocycles. The Kier molecular flexibility index (Phi) is 4.94. The molecule has 0 aliphatic heterocycles. The normalized spacial score (nSPS) is 10.6. The zero-order chi connectivity index (χ0) is 17.6. The van der Waals surface area contributed by atoms with E-state index >= 15 is 0 Å². The van der Waals surface area contributed by atoms with E-state index in [1.165, 1.54) is 29.1 Å². The quantitative estimate of drug-likeness (QED) is 0.407. The van der Waals surface area contributed by atoms with Gasteiger partial charge in [-0.25, -0.2) is 4.79 Å². The summed E-state index contributed by atoms with van der Waals surface area (Å²) in [6.07, 6.45) is 2.81. The molecule has 7 nitrogen and oxygen atoms in total. The number of nitro groups is 1. The maximum absolute atomic E-state index is 11.9. The minimum Gasteiger partial charge on any atom is -0.347 e. The number of carbonyl (C=O) groups is 1. The molecule has 0 spiro atoms. The van der Waals surface area contributed by atoms with Crippen LogP contribution in [0.3, 0.4) is 0 Å². The van der Waals surface area contributed by atoms with Gasteiger partial charge in [-0.15, -0.1) is 0 Å². The van der Waals surface area contributed by atoms with Crippen LogP contribution in [-0.4, -0.2) is 22.1 Å². The molecule has 0 aliphatic carbocycles. The summed E-state index contributed by atoms with van der Waals surface area (Å²) in [5.41, 5.74) is 1.50. The van der Waals surface area contributed by atoms with Crippen molar-refractivity contribution in [3.05, 3.63) is 70.9 Å². The second kappa shape index (κ2) is 7.48. The highest BCUT2D eigenvalue weighted by Gasteiger charge is 2.07.